The van der Waals surface area contributed by atoms with E-state index < -0.39 is 0 Å². The Kier molecular flexibility index (Phi) is 6.52. The third-order valence-corrected chi connectivity index (χ3v) is 3.38. The van der Waals surface area contributed by atoms with Gasteiger partial charge >= 0.3 is 0 Å². The number of carbonyl (C=O) groups excluding carboxylic acids is 1. The molecule has 4 nitrogen and oxygen atoms in total. The highest BCUT2D eigenvalue weighted by atomic mass is 16.2. The summed E-state index contributed by atoms with van der Waals surface area (Å²) >= 11 is 0. The minimum atomic E-state index is 0.195. The number of amides is 1. The first kappa shape index (κ1) is 14.5. The van der Waals surface area contributed by atoms with E-state index in [1.807, 2.05) is 0 Å². The standard InChI is InChI=1S/C13H27N3O/c1-11(10-12-6-4-5-8-15-12)14-9-7-13(17)16(2)3/h11-12,14-15H,4-10H2,1-3H3. The number of piperidine rings is 1. The number of nitrogens with zero attached hydrogens (tertiary/aromatic N) is 1. The summed E-state index contributed by atoms with van der Waals surface area (Å²) in [6.45, 7) is 4.15. The van der Waals surface area contributed by atoms with Crippen LogP contribution in [0.4, 0.5) is 0 Å². The molecule has 1 fully saturated rings. The predicted octanol–water partition coefficient (Wildman–Crippen LogP) is 0.975. The molecule has 0 radical (unpaired) electrons. The molecular weight excluding hydrogens is 214 g/mol. The molecule has 2 unspecified atom stereocenters. The van der Waals surface area contributed by atoms with Gasteiger partial charge in [0.25, 0.3) is 0 Å². The minimum Gasteiger partial charge on any atom is -0.349 e. The fraction of sp³-hybridized carbons (Fsp3) is 0.923. The predicted molar refractivity (Wildman–Crippen MR) is 71.0 cm³/mol. The molecule has 0 aromatic carbocycles. The summed E-state index contributed by atoms with van der Waals surface area (Å²) < 4.78 is 0. The molecule has 1 aliphatic heterocycles. The molecule has 1 amide bonds. The molecule has 0 bridgehead atoms. The fourth-order valence-electron chi connectivity index (χ4n) is 2.28. The van der Waals surface area contributed by atoms with E-state index in [4.69, 9.17) is 0 Å². The Hall–Kier alpha value is -0.610. The van der Waals surface area contributed by atoms with Gasteiger partial charge in [0, 0.05) is 39.1 Å². The van der Waals surface area contributed by atoms with Crippen molar-refractivity contribution in [1.29, 1.82) is 0 Å². The van der Waals surface area contributed by atoms with Gasteiger partial charge in [-0.2, -0.15) is 0 Å². The van der Waals surface area contributed by atoms with Crippen LogP contribution >= 0.6 is 0 Å². The molecule has 0 spiro atoms. The van der Waals surface area contributed by atoms with Crippen LogP contribution in [0.5, 0.6) is 0 Å². The molecule has 17 heavy (non-hydrogen) atoms. The van der Waals surface area contributed by atoms with Gasteiger partial charge in [0.05, 0.1) is 0 Å². The Balaban J connectivity index is 2.08. The van der Waals surface area contributed by atoms with E-state index in [1.54, 1.807) is 19.0 Å². The summed E-state index contributed by atoms with van der Waals surface area (Å²) in [6, 6.07) is 1.15. The maximum absolute atomic E-state index is 11.4. The van der Waals surface area contributed by atoms with Gasteiger partial charge < -0.3 is 15.5 Å². The first-order chi connectivity index (χ1) is 8.09. The van der Waals surface area contributed by atoms with Crippen LogP contribution in [0.25, 0.3) is 0 Å². The van der Waals surface area contributed by atoms with E-state index in [-0.39, 0.29) is 5.91 Å². The molecule has 0 aromatic heterocycles. The van der Waals surface area contributed by atoms with Crippen LogP contribution in [0.3, 0.4) is 0 Å². The monoisotopic (exact) mass is 241 g/mol. The van der Waals surface area contributed by atoms with Gasteiger partial charge in [-0.3, -0.25) is 4.79 Å². The summed E-state index contributed by atoms with van der Waals surface area (Å²) in [5.74, 6) is 0.195. The minimum absolute atomic E-state index is 0.195. The van der Waals surface area contributed by atoms with Crippen molar-refractivity contribution in [3.8, 4) is 0 Å². The van der Waals surface area contributed by atoms with Gasteiger partial charge in [0.15, 0.2) is 0 Å². The Bertz CT molecular complexity index is 225. The summed E-state index contributed by atoms with van der Waals surface area (Å²) in [6.07, 6.45) is 5.72. The van der Waals surface area contributed by atoms with E-state index in [2.05, 4.69) is 17.6 Å². The van der Waals surface area contributed by atoms with Crippen molar-refractivity contribution < 1.29 is 4.79 Å². The molecular formula is C13H27N3O. The SMILES string of the molecule is CC(CC1CCCCN1)NCCC(=O)N(C)C. The highest BCUT2D eigenvalue weighted by Gasteiger charge is 2.15. The molecule has 0 saturated carbocycles. The van der Waals surface area contributed by atoms with Gasteiger partial charge in [-0.05, 0) is 32.7 Å². The van der Waals surface area contributed by atoms with Crippen LogP contribution in [0.15, 0.2) is 0 Å². The topological polar surface area (TPSA) is 44.4 Å². The molecule has 2 atom stereocenters. The number of nitrogens with one attached hydrogen (secondary N) is 2. The number of hydrogen-bond acceptors (Lipinski definition) is 3. The third kappa shape index (κ3) is 6.03. The molecule has 4 heteroatoms. The summed E-state index contributed by atoms with van der Waals surface area (Å²) in [5, 5.41) is 6.98. The quantitative estimate of drug-likeness (QED) is 0.728. The van der Waals surface area contributed by atoms with Gasteiger partial charge in [-0.15, -0.1) is 0 Å². The Labute approximate surface area is 105 Å². The molecule has 0 aromatic rings. The molecule has 1 saturated heterocycles. The van der Waals surface area contributed by atoms with Gasteiger partial charge in [-0.25, -0.2) is 0 Å². The first-order valence-electron chi connectivity index (χ1n) is 6.76. The van der Waals surface area contributed by atoms with Crippen molar-refractivity contribution >= 4 is 5.91 Å². The Morgan fingerprint density at radius 3 is 2.82 bits per heavy atom. The van der Waals surface area contributed by atoms with Gasteiger partial charge in [-0.1, -0.05) is 6.42 Å². The lowest BCUT2D eigenvalue weighted by atomic mass is 9.99. The highest BCUT2D eigenvalue weighted by Crippen LogP contribution is 2.11. The summed E-state index contributed by atoms with van der Waals surface area (Å²) in [7, 11) is 3.61. The van der Waals surface area contributed by atoms with E-state index in [1.165, 1.54) is 19.3 Å². The average molecular weight is 241 g/mol. The largest absolute Gasteiger partial charge is 0.349 e. The van der Waals surface area contributed by atoms with Crippen molar-refractivity contribution in [1.82, 2.24) is 15.5 Å². The van der Waals surface area contributed by atoms with E-state index >= 15 is 0 Å². The number of carbonyl (C=O) groups is 1. The Morgan fingerprint density at radius 2 is 2.24 bits per heavy atom. The summed E-state index contributed by atoms with van der Waals surface area (Å²) in [5.41, 5.74) is 0. The van der Waals surface area contributed by atoms with Crippen LogP contribution in [-0.2, 0) is 4.79 Å². The number of rotatable bonds is 6. The maximum Gasteiger partial charge on any atom is 0.223 e. The molecule has 1 heterocycles. The lowest BCUT2D eigenvalue weighted by Crippen LogP contribution is -2.40. The average Bonchev–Trinajstić information content (AvgIpc) is 2.30. The van der Waals surface area contributed by atoms with E-state index in [0.717, 1.165) is 19.5 Å². The van der Waals surface area contributed by atoms with Crippen LogP contribution in [0.1, 0.15) is 39.0 Å². The van der Waals surface area contributed by atoms with Crippen LogP contribution in [0, 0.1) is 0 Å². The molecule has 0 aliphatic carbocycles. The molecule has 2 N–H and O–H groups in total. The van der Waals surface area contributed by atoms with Crippen molar-refractivity contribution in [2.75, 3.05) is 27.2 Å². The second-order valence-corrected chi connectivity index (χ2v) is 5.28. The molecule has 100 valence electrons. The molecule has 1 rings (SSSR count). The zero-order valence-corrected chi connectivity index (χ0v) is 11.5. The fourth-order valence-corrected chi connectivity index (χ4v) is 2.28. The van der Waals surface area contributed by atoms with Crippen LogP contribution in [-0.4, -0.2) is 50.1 Å². The zero-order valence-electron chi connectivity index (χ0n) is 11.5. The first-order valence-corrected chi connectivity index (χ1v) is 6.76. The third-order valence-electron chi connectivity index (χ3n) is 3.38. The van der Waals surface area contributed by atoms with Crippen molar-refractivity contribution in [2.45, 2.75) is 51.1 Å². The van der Waals surface area contributed by atoms with E-state index in [9.17, 15) is 4.79 Å². The van der Waals surface area contributed by atoms with Crippen molar-refractivity contribution in [3.63, 3.8) is 0 Å². The van der Waals surface area contributed by atoms with Gasteiger partial charge in [0.2, 0.25) is 5.91 Å². The smallest absolute Gasteiger partial charge is 0.223 e. The maximum atomic E-state index is 11.4. The highest BCUT2D eigenvalue weighted by molar-refractivity contribution is 5.75. The number of hydrogen-bond donors (Lipinski definition) is 2. The molecule has 1 aliphatic rings. The van der Waals surface area contributed by atoms with Crippen molar-refractivity contribution in [3.05, 3.63) is 0 Å². The van der Waals surface area contributed by atoms with Gasteiger partial charge in [0.1, 0.15) is 0 Å². The second kappa shape index (κ2) is 7.67. The van der Waals surface area contributed by atoms with Crippen LogP contribution in [0.2, 0.25) is 0 Å². The Morgan fingerprint density at radius 1 is 1.47 bits per heavy atom. The summed E-state index contributed by atoms with van der Waals surface area (Å²) in [4.78, 5) is 13.0. The zero-order chi connectivity index (χ0) is 12.7. The second-order valence-electron chi connectivity index (χ2n) is 5.28. The lowest BCUT2D eigenvalue weighted by molar-refractivity contribution is -0.128. The lowest BCUT2D eigenvalue weighted by Gasteiger charge is -2.26. The van der Waals surface area contributed by atoms with Crippen molar-refractivity contribution in [2.24, 2.45) is 0 Å². The normalized spacial score (nSPS) is 22.2. The van der Waals surface area contributed by atoms with Crippen LogP contribution < -0.4 is 10.6 Å². The van der Waals surface area contributed by atoms with E-state index in [0.29, 0.717) is 18.5 Å².